The van der Waals surface area contributed by atoms with E-state index < -0.39 is 12.1 Å². The number of carbonyl (C=O) groups is 1. The van der Waals surface area contributed by atoms with Gasteiger partial charge >= 0.3 is 5.97 Å². The van der Waals surface area contributed by atoms with Crippen molar-refractivity contribution in [3.05, 3.63) is 23.5 Å². The molecular formula is C16H21N3O2. The van der Waals surface area contributed by atoms with Crippen LogP contribution >= 0.6 is 0 Å². The van der Waals surface area contributed by atoms with Gasteiger partial charge in [-0.2, -0.15) is 5.26 Å². The van der Waals surface area contributed by atoms with Gasteiger partial charge in [-0.25, -0.2) is 4.79 Å². The fraction of sp³-hybridized carbons (Fsp3) is 0.500. The van der Waals surface area contributed by atoms with Gasteiger partial charge in [0.2, 0.25) is 0 Å². The predicted molar refractivity (Wildman–Crippen MR) is 80.6 cm³/mol. The summed E-state index contributed by atoms with van der Waals surface area (Å²) in [6, 6.07) is 3.51. The zero-order valence-electron chi connectivity index (χ0n) is 13.0. The van der Waals surface area contributed by atoms with Gasteiger partial charge in [-0.15, -0.1) is 0 Å². The Bertz CT molecular complexity index is 583. The second-order valence-electron chi connectivity index (χ2n) is 4.67. The molecule has 1 unspecified atom stereocenters. The largest absolute Gasteiger partial charge is 0.445 e. The van der Waals surface area contributed by atoms with E-state index in [1.54, 1.807) is 24.7 Å². The SMILES string of the molecule is CCN(CC)CC#CC(C)OC(=O)c1cc(C#N)cn1C. The van der Waals surface area contributed by atoms with Crippen molar-refractivity contribution in [2.24, 2.45) is 7.05 Å². The first-order valence-corrected chi connectivity index (χ1v) is 7.00. The van der Waals surface area contributed by atoms with E-state index in [9.17, 15) is 4.79 Å². The molecule has 5 heteroatoms. The van der Waals surface area contributed by atoms with Gasteiger partial charge in [-0.1, -0.05) is 25.7 Å². The summed E-state index contributed by atoms with van der Waals surface area (Å²) in [6.45, 7) is 8.45. The highest BCUT2D eigenvalue weighted by atomic mass is 16.5. The molecule has 1 rings (SSSR count). The zero-order chi connectivity index (χ0) is 15.8. The Hall–Kier alpha value is -2.24. The maximum atomic E-state index is 12.0. The van der Waals surface area contributed by atoms with Crippen LogP contribution < -0.4 is 0 Å². The lowest BCUT2D eigenvalue weighted by Gasteiger charge is -2.13. The summed E-state index contributed by atoms with van der Waals surface area (Å²) in [6.07, 6.45) is 1.11. The van der Waals surface area contributed by atoms with Crippen LogP contribution in [0, 0.1) is 23.2 Å². The van der Waals surface area contributed by atoms with Crippen molar-refractivity contribution in [1.29, 1.82) is 5.26 Å². The predicted octanol–water partition coefficient (Wildman–Crippen LogP) is 1.79. The molecule has 21 heavy (non-hydrogen) atoms. The van der Waals surface area contributed by atoms with E-state index in [1.165, 1.54) is 6.07 Å². The molecular weight excluding hydrogens is 266 g/mol. The van der Waals surface area contributed by atoms with Crippen molar-refractivity contribution in [1.82, 2.24) is 9.47 Å². The number of hydrogen-bond acceptors (Lipinski definition) is 4. The first kappa shape index (κ1) is 16.8. The standard InChI is InChI=1S/C16H21N3O2/c1-5-19(6-2)9-7-8-13(3)21-16(20)15-10-14(11-17)12-18(15)4/h10,12-13H,5-6,9H2,1-4H3. The van der Waals surface area contributed by atoms with Gasteiger partial charge in [0.05, 0.1) is 12.1 Å². The van der Waals surface area contributed by atoms with Gasteiger partial charge in [0.15, 0.2) is 6.10 Å². The number of hydrogen-bond donors (Lipinski definition) is 0. The topological polar surface area (TPSA) is 58.3 Å². The van der Waals surface area contributed by atoms with E-state index in [4.69, 9.17) is 10.00 Å². The molecule has 0 radical (unpaired) electrons. The number of esters is 1. The number of nitrogens with zero attached hydrogens (tertiary/aromatic N) is 3. The van der Waals surface area contributed by atoms with Crippen molar-refractivity contribution in [2.75, 3.05) is 19.6 Å². The molecule has 5 nitrogen and oxygen atoms in total. The quantitative estimate of drug-likeness (QED) is 0.612. The Balaban J connectivity index is 2.60. The highest BCUT2D eigenvalue weighted by Crippen LogP contribution is 2.08. The number of carbonyl (C=O) groups excluding carboxylic acids is 1. The Kier molecular flexibility index (Phi) is 6.52. The number of nitriles is 1. The van der Waals surface area contributed by atoms with Gasteiger partial charge in [0.25, 0.3) is 0 Å². The molecule has 0 spiro atoms. The molecule has 1 heterocycles. The van der Waals surface area contributed by atoms with Crippen LogP contribution in [0.1, 0.15) is 36.8 Å². The third-order valence-corrected chi connectivity index (χ3v) is 3.13. The van der Waals surface area contributed by atoms with Crippen LogP contribution in [0.3, 0.4) is 0 Å². The van der Waals surface area contributed by atoms with Crippen LogP contribution in [0.15, 0.2) is 12.3 Å². The van der Waals surface area contributed by atoms with Crippen LogP contribution in [-0.2, 0) is 11.8 Å². The molecule has 1 aromatic heterocycles. The third kappa shape index (κ3) is 4.98. The molecule has 0 aliphatic carbocycles. The van der Waals surface area contributed by atoms with Crippen LogP contribution in [-0.4, -0.2) is 41.2 Å². The molecule has 0 N–H and O–H groups in total. The summed E-state index contributed by atoms with van der Waals surface area (Å²) in [7, 11) is 1.70. The molecule has 0 aliphatic heterocycles. The monoisotopic (exact) mass is 287 g/mol. The minimum atomic E-state index is -0.478. The molecule has 0 fully saturated rings. The number of rotatable bonds is 5. The molecule has 0 saturated carbocycles. The average Bonchev–Trinajstić information content (AvgIpc) is 2.85. The number of aryl methyl sites for hydroxylation is 1. The van der Waals surface area contributed by atoms with Crippen LogP contribution in [0.25, 0.3) is 0 Å². The van der Waals surface area contributed by atoms with Crippen LogP contribution in [0.5, 0.6) is 0 Å². The van der Waals surface area contributed by atoms with Gasteiger partial charge < -0.3 is 9.30 Å². The normalized spacial score (nSPS) is 11.4. The first-order valence-electron chi connectivity index (χ1n) is 7.00. The number of ether oxygens (including phenoxy) is 1. The first-order chi connectivity index (χ1) is 10.0. The van der Waals surface area contributed by atoms with E-state index in [0.717, 1.165) is 13.1 Å². The van der Waals surface area contributed by atoms with Crippen LogP contribution in [0.2, 0.25) is 0 Å². The lowest BCUT2D eigenvalue weighted by molar-refractivity contribution is 0.0427. The zero-order valence-corrected chi connectivity index (χ0v) is 13.0. The highest BCUT2D eigenvalue weighted by Gasteiger charge is 2.15. The molecule has 112 valence electrons. The second-order valence-corrected chi connectivity index (χ2v) is 4.67. The molecule has 1 aromatic rings. The van der Waals surface area contributed by atoms with Gasteiger partial charge in [-0.3, -0.25) is 4.90 Å². The maximum Gasteiger partial charge on any atom is 0.356 e. The minimum absolute atomic E-state index is 0.351. The van der Waals surface area contributed by atoms with E-state index in [0.29, 0.717) is 17.8 Å². The van der Waals surface area contributed by atoms with E-state index in [2.05, 4.69) is 30.6 Å². The Morgan fingerprint density at radius 1 is 1.48 bits per heavy atom. The third-order valence-electron chi connectivity index (χ3n) is 3.13. The van der Waals surface area contributed by atoms with Gasteiger partial charge in [0, 0.05) is 13.2 Å². The van der Waals surface area contributed by atoms with E-state index in [-0.39, 0.29) is 0 Å². The Morgan fingerprint density at radius 2 is 2.14 bits per heavy atom. The number of aromatic nitrogens is 1. The lowest BCUT2D eigenvalue weighted by atomic mass is 10.3. The Morgan fingerprint density at radius 3 is 2.67 bits per heavy atom. The summed E-state index contributed by atoms with van der Waals surface area (Å²) >= 11 is 0. The van der Waals surface area contributed by atoms with Crippen molar-refractivity contribution in [3.8, 4) is 17.9 Å². The van der Waals surface area contributed by atoms with Crippen molar-refractivity contribution in [3.63, 3.8) is 0 Å². The molecule has 0 saturated heterocycles. The molecule has 0 amide bonds. The molecule has 0 aromatic carbocycles. The highest BCUT2D eigenvalue weighted by molar-refractivity contribution is 5.88. The Labute approximate surface area is 126 Å². The summed E-state index contributed by atoms with van der Waals surface area (Å²) < 4.78 is 6.84. The minimum Gasteiger partial charge on any atom is -0.445 e. The van der Waals surface area contributed by atoms with Crippen molar-refractivity contribution < 1.29 is 9.53 Å². The summed E-state index contributed by atoms with van der Waals surface area (Å²) in [5.41, 5.74) is 0.786. The molecule has 0 aliphatic rings. The maximum absolute atomic E-state index is 12.0. The molecule has 1 atom stereocenters. The summed E-state index contributed by atoms with van der Waals surface area (Å²) in [4.78, 5) is 14.2. The molecule has 0 bridgehead atoms. The van der Waals surface area contributed by atoms with Crippen molar-refractivity contribution >= 4 is 5.97 Å². The van der Waals surface area contributed by atoms with Crippen LogP contribution in [0.4, 0.5) is 0 Å². The van der Waals surface area contributed by atoms with Crippen molar-refractivity contribution in [2.45, 2.75) is 26.9 Å². The fourth-order valence-corrected chi connectivity index (χ4v) is 1.83. The lowest BCUT2D eigenvalue weighted by Crippen LogP contribution is -2.23. The second kappa shape index (κ2) is 8.14. The summed E-state index contributed by atoms with van der Waals surface area (Å²) in [5, 5.41) is 8.81. The summed E-state index contributed by atoms with van der Waals surface area (Å²) in [5.74, 6) is 5.46. The smallest absolute Gasteiger partial charge is 0.356 e. The van der Waals surface area contributed by atoms with Gasteiger partial charge in [-0.05, 0) is 26.1 Å². The van der Waals surface area contributed by atoms with E-state index in [1.807, 2.05) is 6.07 Å². The average molecular weight is 287 g/mol. The van der Waals surface area contributed by atoms with E-state index >= 15 is 0 Å². The van der Waals surface area contributed by atoms with Gasteiger partial charge in [0.1, 0.15) is 11.8 Å². The fourth-order valence-electron chi connectivity index (χ4n) is 1.83.